The van der Waals surface area contributed by atoms with E-state index in [0.717, 1.165) is 28.7 Å². The average molecular weight is 308 g/mol. The summed E-state index contributed by atoms with van der Waals surface area (Å²) in [6.45, 7) is 4.95. The monoisotopic (exact) mass is 308 g/mol. The molecule has 20 heavy (non-hydrogen) atoms. The van der Waals surface area contributed by atoms with Crippen LogP contribution in [0.25, 0.3) is 0 Å². The molecule has 5 heteroatoms. The van der Waals surface area contributed by atoms with Crippen LogP contribution in [-0.2, 0) is 4.79 Å². The summed E-state index contributed by atoms with van der Waals surface area (Å²) in [6.07, 6.45) is 0.817. The smallest absolute Gasteiger partial charge is 0.234 e. The van der Waals surface area contributed by atoms with Crippen LogP contribution in [0.5, 0.6) is 0 Å². The fourth-order valence-corrected chi connectivity index (χ4v) is 4.12. The molecule has 2 unspecified atom stereocenters. The van der Waals surface area contributed by atoms with Gasteiger partial charge in [-0.3, -0.25) is 9.79 Å². The minimum atomic E-state index is -0.0505. The molecule has 2 rings (SSSR count). The number of hydrogen-bond acceptors (Lipinski definition) is 4. The first-order valence-electron chi connectivity index (χ1n) is 6.90. The van der Waals surface area contributed by atoms with Gasteiger partial charge in [0.25, 0.3) is 0 Å². The van der Waals surface area contributed by atoms with E-state index < -0.39 is 0 Å². The molecule has 1 amide bonds. The van der Waals surface area contributed by atoms with Crippen LogP contribution in [0.2, 0.25) is 0 Å². The molecule has 0 aliphatic carbocycles. The molecule has 3 nitrogen and oxygen atoms in total. The lowest BCUT2D eigenvalue weighted by Crippen LogP contribution is -2.34. The van der Waals surface area contributed by atoms with E-state index in [0.29, 0.717) is 0 Å². The molecule has 2 atom stereocenters. The average Bonchev–Trinajstić information content (AvgIpc) is 2.98. The minimum absolute atomic E-state index is 0.0384. The maximum absolute atomic E-state index is 12.3. The third-order valence-electron chi connectivity index (χ3n) is 3.12. The van der Waals surface area contributed by atoms with Crippen molar-refractivity contribution in [3.63, 3.8) is 0 Å². The third kappa shape index (κ3) is 4.28. The normalized spacial score (nSPS) is 17.4. The fourth-order valence-electron chi connectivity index (χ4n) is 1.96. The number of carbonyl (C=O) groups excluding carboxylic acids is 1. The Bertz CT molecular complexity index is 476. The van der Waals surface area contributed by atoms with Gasteiger partial charge in [-0.05, 0) is 18.9 Å². The SMILES string of the molecule is CCC(SC1=NCCS1)C(=O)NC(C)c1ccccc1. The zero-order valence-electron chi connectivity index (χ0n) is 11.8. The maximum Gasteiger partial charge on any atom is 0.234 e. The van der Waals surface area contributed by atoms with Crippen molar-refractivity contribution in [2.45, 2.75) is 31.6 Å². The van der Waals surface area contributed by atoms with E-state index in [4.69, 9.17) is 0 Å². The molecule has 1 N–H and O–H groups in total. The van der Waals surface area contributed by atoms with Crippen molar-refractivity contribution in [2.24, 2.45) is 4.99 Å². The summed E-state index contributed by atoms with van der Waals surface area (Å²) < 4.78 is 1.05. The zero-order valence-corrected chi connectivity index (χ0v) is 13.5. The number of thioether (sulfide) groups is 2. The fraction of sp³-hybridized carbons (Fsp3) is 0.467. The Balaban J connectivity index is 1.91. The molecule has 0 saturated heterocycles. The predicted molar refractivity (Wildman–Crippen MR) is 89.4 cm³/mol. The van der Waals surface area contributed by atoms with E-state index in [9.17, 15) is 4.79 Å². The van der Waals surface area contributed by atoms with Gasteiger partial charge < -0.3 is 5.32 Å². The summed E-state index contributed by atoms with van der Waals surface area (Å²) in [5.74, 6) is 1.14. The highest BCUT2D eigenvalue weighted by molar-refractivity contribution is 8.39. The largest absolute Gasteiger partial charge is 0.349 e. The number of nitrogens with zero attached hydrogens (tertiary/aromatic N) is 1. The Morgan fingerprint density at radius 2 is 2.20 bits per heavy atom. The maximum atomic E-state index is 12.3. The third-order valence-corrected chi connectivity index (χ3v) is 5.69. The van der Waals surface area contributed by atoms with Crippen molar-refractivity contribution in [2.75, 3.05) is 12.3 Å². The zero-order chi connectivity index (χ0) is 14.4. The summed E-state index contributed by atoms with van der Waals surface area (Å²) in [6, 6.07) is 10.1. The topological polar surface area (TPSA) is 41.5 Å². The van der Waals surface area contributed by atoms with Gasteiger partial charge in [-0.25, -0.2) is 0 Å². The summed E-state index contributed by atoms with van der Waals surface area (Å²) in [4.78, 5) is 16.8. The van der Waals surface area contributed by atoms with E-state index in [2.05, 4.69) is 10.3 Å². The summed E-state index contributed by atoms with van der Waals surface area (Å²) in [5.41, 5.74) is 1.13. The molecule has 0 aromatic heterocycles. The second kappa shape index (κ2) is 7.74. The molecule has 0 saturated carbocycles. The van der Waals surface area contributed by atoms with Crippen LogP contribution in [0.1, 0.15) is 31.9 Å². The minimum Gasteiger partial charge on any atom is -0.349 e. The first-order chi connectivity index (χ1) is 9.70. The molecule has 0 spiro atoms. The number of amides is 1. The first-order valence-corrected chi connectivity index (χ1v) is 8.76. The van der Waals surface area contributed by atoms with E-state index >= 15 is 0 Å². The van der Waals surface area contributed by atoms with Crippen molar-refractivity contribution in [3.05, 3.63) is 35.9 Å². The number of aliphatic imine (C=N–C) groups is 1. The van der Waals surface area contributed by atoms with Gasteiger partial charge >= 0.3 is 0 Å². The van der Waals surface area contributed by atoms with Crippen LogP contribution in [-0.4, -0.2) is 27.8 Å². The molecule has 1 heterocycles. The second-order valence-corrected chi connectivity index (χ2v) is 7.19. The molecule has 1 aliphatic heterocycles. The van der Waals surface area contributed by atoms with Gasteiger partial charge in [-0.1, -0.05) is 60.8 Å². The predicted octanol–water partition coefficient (Wildman–Crippen LogP) is 3.48. The molecule has 1 aromatic rings. The van der Waals surface area contributed by atoms with Crippen molar-refractivity contribution < 1.29 is 4.79 Å². The Morgan fingerprint density at radius 1 is 1.45 bits per heavy atom. The number of rotatable bonds is 5. The first kappa shape index (κ1) is 15.4. The van der Waals surface area contributed by atoms with E-state index in [1.807, 2.05) is 44.2 Å². The summed E-state index contributed by atoms with van der Waals surface area (Å²) in [7, 11) is 0. The molecule has 108 valence electrons. The number of nitrogens with one attached hydrogen (secondary N) is 1. The summed E-state index contributed by atoms with van der Waals surface area (Å²) >= 11 is 3.35. The lowest BCUT2D eigenvalue weighted by Gasteiger charge is -2.19. The van der Waals surface area contributed by atoms with Crippen LogP contribution in [0, 0.1) is 0 Å². The molecule has 0 bridgehead atoms. The van der Waals surface area contributed by atoms with Crippen LogP contribution in [0.15, 0.2) is 35.3 Å². The van der Waals surface area contributed by atoms with E-state index in [1.54, 1.807) is 23.5 Å². The highest BCUT2D eigenvalue weighted by Gasteiger charge is 2.22. The highest BCUT2D eigenvalue weighted by Crippen LogP contribution is 2.28. The molecule has 1 aliphatic rings. The molecular formula is C15H20N2OS2. The Kier molecular flexibility index (Phi) is 5.98. The molecular weight excluding hydrogens is 288 g/mol. The van der Waals surface area contributed by atoms with Gasteiger partial charge in [0.2, 0.25) is 5.91 Å². The van der Waals surface area contributed by atoms with Crippen LogP contribution < -0.4 is 5.32 Å². The van der Waals surface area contributed by atoms with Crippen LogP contribution in [0.4, 0.5) is 0 Å². The van der Waals surface area contributed by atoms with Crippen molar-refractivity contribution in [1.29, 1.82) is 0 Å². The standard InChI is InChI=1S/C15H20N2OS2/c1-3-13(20-15-16-9-10-19-15)14(18)17-11(2)12-7-5-4-6-8-12/h4-8,11,13H,3,9-10H2,1-2H3,(H,17,18). The number of carbonyl (C=O) groups is 1. The van der Waals surface area contributed by atoms with Gasteiger partial charge in [0.15, 0.2) is 0 Å². The molecule has 0 radical (unpaired) electrons. The Morgan fingerprint density at radius 3 is 2.80 bits per heavy atom. The lowest BCUT2D eigenvalue weighted by atomic mass is 10.1. The second-order valence-electron chi connectivity index (χ2n) is 4.65. The van der Waals surface area contributed by atoms with Gasteiger partial charge in [0.05, 0.1) is 17.8 Å². The summed E-state index contributed by atoms with van der Waals surface area (Å²) in [5, 5.41) is 3.05. The number of hydrogen-bond donors (Lipinski definition) is 1. The highest BCUT2D eigenvalue weighted by atomic mass is 32.2. The van der Waals surface area contributed by atoms with Gasteiger partial charge in [0, 0.05) is 5.75 Å². The molecule has 0 fully saturated rings. The van der Waals surface area contributed by atoms with Crippen LogP contribution in [0.3, 0.4) is 0 Å². The van der Waals surface area contributed by atoms with Crippen molar-refractivity contribution >= 4 is 33.8 Å². The van der Waals surface area contributed by atoms with Crippen molar-refractivity contribution in [3.8, 4) is 0 Å². The Labute approximate surface area is 129 Å². The van der Waals surface area contributed by atoms with Gasteiger partial charge in [-0.2, -0.15) is 0 Å². The molecule has 1 aromatic carbocycles. The van der Waals surface area contributed by atoms with Gasteiger partial charge in [-0.15, -0.1) is 0 Å². The quantitative estimate of drug-likeness (QED) is 0.905. The van der Waals surface area contributed by atoms with E-state index in [-0.39, 0.29) is 17.2 Å². The lowest BCUT2D eigenvalue weighted by molar-refractivity contribution is -0.121. The van der Waals surface area contributed by atoms with Crippen molar-refractivity contribution in [1.82, 2.24) is 5.32 Å². The number of benzene rings is 1. The van der Waals surface area contributed by atoms with E-state index in [1.165, 1.54) is 0 Å². The Hall–Kier alpha value is -0.940. The van der Waals surface area contributed by atoms with Crippen LogP contribution >= 0.6 is 23.5 Å². The van der Waals surface area contributed by atoms with Gasteiger partial charge in [0.1, 0.15) is 4.38 Å².